The van der Waals surface area contributed by atoms with Crippen molar-refractivity contribution >= 4 is 45.1 Å². The van der Waals surface area contributed by atoms with Crippen LogP contribution in [-0.4, -0.2) is 40.2 Å². The van der Waals surface area contributed by atoms with E-state index in [2.05, 4.69) is 29.3 Å². The van der Waals surface area contributed by atoms with Crippen molar-refractivity contribution < 1.29 is 13.2 Å². The molecule has 0 saturated carbocycles. The number of anilines is 2. The molecule has 0 fully saturated rings. The third-order valence-electron chi connectivity index (χ3n) is 5.55. The van der Waals surface area contributed by atoms with Gasteiger partial charge < -0.3 is 4.90 Å². The molecule has 35 heavy (non-hydrogen) atoms. The molecule has 0 bridgehead atoms. The lowest BCUT2D eigenvalue weighted by Crippen LogP contribution is -2.40. The summed E-state index contributed by atoms with van der Waals surface area (Å²) in [7, 11) is -4.03. The molecule has 0 saturated heterocycles. The molecule has 0 aromatic heterocycles. The summed E-state index contributed by atoms with van der Waals surface area (Å²) in [5.74, 6) is -0.583. The Labute approximate surface area is 212 Å². The monoisotopic (exact) mass is 512 g/mol. The number of hydrogen-bond donors (Lipinski definition) is 1. The minimum absolute atomic E-state index is 0.0731. The first kappa shape index (κ1) is 26.2. The van der Waals surface area contributed by atoms with E-state index >= 15 is 0 Å². The van der Waals surface area contributed by atoms with Crippen LogP contribution in [0.1, 0.15) is 25.0 Å². The zero-order chi connectivity index (χ0) is 25.4. The van der Waals surface area contributed by atoms with Gasteiger partial charge in [-0.25, -0.2) is 13.8 Å². The predicted octanol–water partition coefficient (Wildman–Crippen LogP) is 4.84. The Morgan fingerprint density at radius 1 is 0.971 bits per heavy atom. The van der Waals surface area contributed by atoms with Crippen LogP contribution in [0.15, 0.2) is 82.8 Å². The quantitative estimate of drug-likeness (QED) is 0.311. The van der Waals surface area contributed by atoms with Gasteiger partial charge in [0.15, 0.2) is 0 Å². The molecule has 0 aliphatic heterocycles. The van der Waals surface area contributed by atoms with Gasteiger partial charge >= 0.3 is 0 Å². The van der Waals surface area contributed by atoms with E-state index in [4.69, 9.17) is 11.6 Å². The van der Waals surface area contributed by atoms with Crippen molar-refractivity contribution in [2.75, 3.05) is 28.8 Å². The standard InChI is InChI=1S/C26H29ClN4O3S/c1-4-30(5-2)22-16-14-21(15-17-22)18-28-29-26(32)19-31(25-13-9-12-24(27)20(25)3)35(33,34)23-10-7-6-8-11-23/h6-18H,4-5,19H2,1-3H3,(H,29,32)/b28-18-. The number of sulfonamides is 1. The summed E-state index contributed by atoms with van der Waals surface area (Å²) in [6, 6.07) is 20.7. The smallest absolute Gasteiger partial charge is 0.264 e. The molecule has 0 atom stereocenters. The largest absolute Gasteiger partial charge is 0.372 e. The van der Waals surface area contributed by atoms with Crippen LogP contribution in [-0.2, 0) is 14.8 Å². The second-order valence-corrected chi connectivity index (χ2v) is 10.0. The Balaban J connectivity index is 1.79. The lowest BCUT2D eigenvalue weighted by Gasteiger charge is -2.25. The highest BCUT2D eigenvalue weighted by atomic mass is 35.5. The highest BCUT2D eigenvalue weighted by Gasteiger charge is 2.28. The number of benzene rings is 3. The zero-order valence-electron chi connectivity index (χ0n) is 20.0. The van der Waals surface area contributed by atoms with E-state index in [9.17, 15) is 13.2 Å². The van der Waals surface area contributed by atoms with Gasteiger partial charge in [0, 0.05) is 23.8 Å². The van der Waals surface area contributed by atoms with Crippen molar-refractivity contribution in [3.05, 3.63) is 88.9 Å². The summed E-state index contributed by atoms with van der Waals surface area (Å²) in [4.78, 5) is 15.0. The molecule has 3 rings (SSSR count). The highest BCUT2D eigenvalue weighted by Crippen LogP contribution is 2.30. The molecule has 1 amide bonds. The fraction of sp³-hybridized carbons (Fsp3) is 0.231. The SMILES string of the molecule is CCN(CC)c1ccc(/C=N\NC(=O)CN(c2cccc(Cl)c2C)S(=O)(=O)c2ccccc2)cc1. The number of carbonyl (C=O) groups excluding carboxylic acids is 1. The Kier molecular flexibility index (Phi) is 8.89. The van der Waals surface area contributed by atoms with Crippen LogP contribution in [0.3, 0.4) is 0 Å². The molecule has 0 aliphatic rings. The minimum Gasteiger partial charge on any atom is -0.372 e. The first-order valence-electron chi connectivity index (χ1n) is 11.3. The summed E-state index contributed by atoms with van der Waals surface area (Å²) in [6.07, 6.45) is 1.52. The fourth-order valence-corrected chi connectivity index (χ4v) is 5.26. The number of nitrogens with zero attached hydrogens (tertiary/aromatic N) is 3. The van der Waals surface area contributed by atoms with Gasteiger partial charge in [-0.3, -0.25) is 9.10 Å². The fourth-order valence-electron chi connectivity index (χ4n) is 3.59. The van der Waals surface area contributed by atoms with E-state index in [1.165, 1.54) is 18.3 Å². The van der Waals surface area contributed by atoms with E-state index in [1.54, 1.807) is 43.3 Å². The van der Waals surface area contributed by atoms with Crippen LogP contribution in [0.5, 0.6) is 0 Å². The number of hydrazone groups is 1. The van der Waals surface area contributed by atoms with Gasteiger partial charge in [-0.05, 0) is 68.3 Å². The molecule has 7 nitrogen and oxygen atoms in total. The van der Waals surface area contributed by atoms with Crippen LogP contribution in [0.25, 0.3) is 0 Å². The number of nitrogens with one attached hydrogen (secondary N) is 1. The first-order chi connectivity index (χ1) is 16.8. The zero-order valence-corrected chi connectivity index (χ0v) is 21.6. The van der Waals surface area contributed by atoms with Crippen LogP contribution >= 0.6 is 11.6 Å². The highest BCUT2D eigenvalue weighted by molar-refractivity contribution is 7.92. The molecule has 0 heterocycles. The normalized spacial score (nSPS) is 11.4. The summed E-state index contributed by atoms with van der Waals surface area (Å²) in [6.45, 7) is 7.27. The van der Waals surface area contributed by atoms with E-state index in [0.717, 1.165) is 28.6 Å². The lowest BCUT2D eigenvalue weighted by atomic mass is 10.2. The minimum atomic E-state index is -4.03. The molecular weight excluding hydrogens is 484 g/mol. The number of halogens is 1. The summed E-state index contributed by atoms with van der Waals surface area (Å²) >= 11 is 6.24. The second kappa shape index (κ2) is 11.9. The number of carbonyl (C=O) groups is 1. The Hall–Kier alpha value is -3.36. The molecule has 1 N–H and O–H groups in total. The second-order valence-electron chi connectivity index (χ2n) is 7.77. The summed E-state index contributed by atoms with van der Waals surface area (Å²) < 4.78 is 27.9. The topological polar surface area (TPSA) is 82.1 Å². The lowest BCUT2D eigenvalue weighted by molar-refractivity contribution is -0.119. The average Bonchev–Trinajstić information content (AvgIpc) is 2.86. The van der Waals surface area contributed by atoms with Crippen molar-refractivity contribution in [3.63, 3.8) is 0 Å². The maximum Gasteiger partial charge on any atom is 0.264 e. The summed E-state index contributed by atoms with van der Waals surface area (Å²) in [5, 5.41) is 4.42. The molecular formula is C26H29ClN4O3S. The van der Waals surface area contributed by atoms with Crippen molar-refractivity contribution in [2.24, 2.45) is 5.10 Å². The summed E-state index contributed by atoms with van der Waals surface area (Å²) in [5.41, 5.74) is 5.22. The van der Waals surface area contributed by atoms with Crippen LogP contribution in [0.2, 0.25) is 5.02 Å². The van der Waals surface area contributed by atoms with Gasteiger partial charge in [0.1, 0.15) is 6.54 Å². The van der Waals surface area contributed by atoms with Gasteiger partial charge in [-0.2, -0.15) is 5.10 Å². The molecule has 0 radical (unpaired) electrons. The maximum atomic E-state index is 13.4. The third-order valence-corrected chi connectivity index (χ3v) is 7.73. The van der Waals surface area contributed by atoms with Crippen molar-refractivity contribution in [2.45, 2.75) is 25.7 Å². The average molecular weight is 513 g/mol. The molecule has 0 unspecified atom stereocenters. The molecule has 184 valence electrons. The van der Waals surface area contributed by atoms with Crippen LogP contribution in [0, 0.1) is 6.92 Å². The van der Waals surface area contributed by atoms with Crippen molar-refractivity contribution in [3.8, 4) is 0 Å². The Morgan fingerprint density at radius 3 is 2.26 bits per heavy atom. The van der Waals surface area contributed by atoms with Gasteiger partial charge in [0.05, 0.1) is 16.8 Å². The van der Waals surface area contributed by atoms with Gasteiger partial charge in [0.25, 0.3) is 15.9 Å². The molecule has 9 heteroatoms. The van der Waals surface area contributed by atoms with Gasteiger partial charge in [0.2, 0.25) is 0 Å². The van der Waals surface area contributed by atoms with E-state index in [1.807, 2.05) is 24.3 Å². The van der Waals surface area contributed by atoms with Crippen molar-refractivity contribution in [1.29, 1.82) is 0 Å². The third kappa shape index (κ3) is 6.41. The predicted molar refractivity (Wildman–Crippen MR) is 143 cm³/mol. The Morgan fingerprint density at radius 2 is 1.63 bits per heavy atom. The van der Waals surface area contributed by atoms with E-state index in [0.29, 0.717) is 16.3 Å². The molecule has 3 aromatic carbocycles. The molecule has 0 aliphatic carbocycles. The number of hydrogen-bond acceptors (Lipinski definition) is 5. The van der Waals surface area contributed by atoms with Crippen LogP contribution < -0.4 is 14.6 Å². The van der Waals surface area contributed by atoms with E-state index < -0.39 is 22.5 Å². The maximum absolute atomic E-state index is 13.4. The van der Waals surface area contributed by atoms with Crippen LogP contribution in [0.4, 0.5) is 11.4 Å². The molecule has 0 spiro atoms. The first-order valence-corrected chi connectivity index (χ1v) is 13.1. The van der Waals surface area contributed by atoms with Crippen molar-refractivity contribution in [1.82, 2.24) is 5.43 Å². The Bertz CT molecular complexity index is 1280. The molecule has 3 aromatic rings. The number of amides is 1. The van der Waals surface area contributed by atoms with Gasteiger partial charge in [-0.15, -0.1) is 0 Å². The van der Waals surface area contributed by atoms with E-state index in [-0.39, 0.29) is 4.90 Å². The van der Waals surface area contributed by atoms with Gasteiger partial charge in [-0.1, -0.05) is 48.0 Å². The number of rotatable bonds is 10.